The van der Waals surface area contributed by atoms with E-state index in [0.717, 1.165) is 36.6 Å². The molecule has 1 aliphatic rings. The highest BCUT2D eigenvalue weighted by molar-refractivity contribution is 6.31. The summed E-state index contributed by atoms with van der Waals surface area (Å²) in [5, 5.41) is 7.12. The zero-order chi connectivity index (χ0) is 22.3. The Morgan fingerprint density at radius 3 is 2.74 bits per heavy atom. The van der Waals surface area contributed by atoms with Crippen LogP contribution in [0.2, 0.25) is 5.02 Å². The van der Waals surface area contributed by atoms with Crippen LogP contribution in [0, 0.1) is 5.82 Å². The lowest BCUT2D eigenvalue weighted by molar-refractivity contribution is 0.122. The molecule has 1 aliphatic heterocycles. The van der Waals surface area contributed by atoms with Crippen molar-refractivity contribution in [2.75, 3.05) is 44.3 Å². The highest BCUT2D eigenvalue weighted by Crippen LogP contribution is 2.30. The van der Waals surface area contributed by atoms with Crippen LogP contribution in [0.1, 0.15) is 31.9 Å². The molecular weight excluding hydrogens is 417 g/mol. The second-order valence-corrected chi connectivity index (χ2v) is 8.55. The number of nitrogens with one attached hydrogen (secondary N) is 2. The van der Waals surface area contributed by atoms with Crippen molar-refractivity contribution in [2.24, 2.45) is 4.99 Å². The van der Waals surface area contributed by atoms with Crippen molar-refractivity contribution in [2.45, 2.75) is 32.7 Å². The molecule has 31 heavy (non-hydrogen) atoms. The van der Waals surface area contributed by atoms with Gasteiger partial charge in [-0.1, -0.05) is 37.6 Å². The topological polar surface area (TPSA) is 61.8 Å². The molecule has 3 rings (SSSR count). The average molecular weight is 448 g/mol. The van der Waals surface area contributed by atoms with Gasteiger partial charge in [-0.2, -0.15) is 0 Å². The van der Waals surface area contributed by atoms with Gasteiger partial charge in [0.2, 0.25) is 0 Å². The molecule has 2 aromatic rings. The molecule has 0 amide bonds. The third kappa shape index (κ3) is 6.31. The van der Waals surface area contributed by atoms with Crippen LogP contribution in [0.15, 0.2) is 41.5 Å². The standard InChI is InChI=1S/C23H31ClFN5O/c1-4-26-22(29-16-23(2,3)19-8-7-18(25)14-20(19)24)28-15-17-6-5-9-27-21(17)30-10-12-31-13-11-30/h5-9,14H,4,10-13,15-16H2,1-3H3,(H2,26,28,29). The number of benzene rings is 1. The second kappa shape index (κ2) is 10.8. The molecule has 6 nitrogen and oxygen atoms in total. The lowest BCUT2D eigenvalue weighted by atomic mass is 9.84. The van der Waals surface area contributed by atoms with Gasteiger partial charge in [0, 0.05) is 48.4 Å². The van der Waals surface area contributed by atoms with E-state index in [1.54, 1.807) is 6.07 Å². The molecule has 0 bridgehead atoms. The first-order valence-corrected chi connectivity index (χ1v) is 11.0. The molecule has 168 valence electrons. The zero-order valence-electron chi connectivity index (χ0n) is 18.4. The molecule has 0 aliphatic carbocycles. The lowest BCUT2D eigenvalue weighted by Crippen LogP contribution is -2.43. The summed E-state index contributed by atoms with van der Waals surface area (Å²) >= 11 is 6.29. The number of hydrogen-bond acceptors (Lipinski definition) is 4. The number of aliphatic imine (C=N–C) groups is 1. The molecule has 8 heteroatoms. The fourth-order valence-electron chi connectivity index (χ4n) is 3.56. The Kier molecular flexibility index (Phi) is 8.09. The monoisotopic (exact) mass is 447 g/mol. The fraction of sp³-hybridized carbons (Fsp3) is 0.478. The van der Waals surface area contributed by atoms with Crippen LogP contribution in [0.4, 0.5) is 10.2 Å². The first kappa shape index (κ1) is 23.3. The summed E-state index contributed by atoms with van der Waals surface area (Å²) in [5.41, 5.74) is 1.65. The highest BCUT2D eigenvalue weighted by Gasteiger charge is 2.24. The minimum absolute atomic E-state index is 0.311. The van der Waals surface area contributed by atoms with Gasteiger partial charge in [0.15, 0.2) is 5.96 Å². The van der Waals surface area contributed by atoms with Crippen LogP contribution >= 0.6 is 11.6 Å². The van der Waals surface area contributed by atoms with Crippen LogP contribution in [-0.4, -0.2) is 50.3 Å². The van der Waals surface area contributed by atoms with Crippen LogP contribution in [0.3, 0.4) is 0 Å². The van der Waals surface area contributed by atoms with Crippen molar-refractivity contribution in [1.82, 2.24) is 15.6 Å². The van der Waals surface area contributed by atoms with E-state index in [9.17, 15) is 4.39 Å². The van der Waals surface area contributed by atoms with E-state index in [0.29, 0.717) is 37.3 Å². The van der Waals surface area contributed by atoms with Crippen LogP contribution in [0.5, 0.6) is 0 Å². The van der Waals surface area contributed by atoms with Gasteiger partial charge in [-0.25, -0.2) is 14.4 Å². The van der Waals surface area contributed by atoms with E-state index >= 15 is 0 Å². The summed E-state index contributed by atoms with van der Waals surface area (Å²) in [6, 6.07) is 8.54. The van der Waals surface area contributed by atoms with Gasteiger partial charge in [0.25, 0.3) is 0 Å². The zero-order valence-corrected chi connectivity index (χ0v) is 19.2. The van der Waals surface area contributed by atoms with Gasteiger partial charge < -0.3 is 20.3 Å². The van der Waals surface area contributed by atoms with E-state index in [1.165, 1.54) is 12.1 Å². The van der Waals surface area contributed by atoms with Crippen molar-refractivity contribution in [1.29, 1.82) is 0 Å². The molecule has 0 spiro atoms. The molecule has 0 radical (unpaired) electrons. The number of morpholine rings is 1. The number of anilines is 1. The van der Waals surface area contributed by atoms with E-state index in [4.69, 9.17) is 21.3 Å². The van der Waals surface area contributed by atoms with Gasteiger partial charge >= 0.3 is 0 Å². The van der Waals surface area contributed by atoms with Crippen molar-refractivity contribution < 1.29 is 9.13 Å². The molecule has 2 N–H and O–H groups in total. The summed E-state index contributed by atoms with van der Waals surface area (Å²) in [6.45, 7) is 11.1. The number of guanidine groups is 1. The average Bonchev–Trinajstić information content (AvgIpc) is 2.76. The van der Waals surface area contributed by atoms with Gasteiger partial charge in [0.1, 0.15) is 11.6 Å². The summed E-state index contributed by atoms with van der Waals surface area (Å²) in [5.74, 6) is 1.34. The normalized spacial score (nSPS) is 15.1. The first-order chi connectivity index (χ1) is 14.9. The quantitative estimate of drug-likeness (QED) is 0.500. The highest BCUT2D eigenvalue weighted by atomic mass is 35.5. The molecular formula is C23H31ClFN5O. The fourth-order valence-corrected chi connectivity index (χ4v) is 3.98. The maximum Gasteiger partial charge on any atom is 0.191 e. The van der Waals surface area contributed by atoms with Crippen molar-refractivity contribution in [3.8, 4) is 0 Å². The Balaban J connectivity index is 1.71. The number of pyridine rings is 1. The maximum atomic E-state index is 13.4. The van der Waals surface area contributed by atoms with Crippen LogP contribution < -0.4 is 15.5 Å². The Labute approximate surface area is 188 Å². The van der Waals surface area contributed by atoms with Gasteiger partial charge in [-0.05, 0) is 30.7 Å². The van der Waals surface area contributed by atoms with Crippen molar-refractivity contribution >= 4 is 23.4 Å². The molecule has 0 unspecified atom stereocenters. The number of rotatable bonds is 7. The molecule has 1 fully saturated rings. The molecule has 1 aromatic carbocycles. The minimum atomic E-state index is -0.333. The Bertz CT molecular complexity index is 899. The number of hydrogen-bond donors (Lipinski definition) is 2. The smallest absolute Gasteiger partial charge is 0.191 e. The molecule has 1 aromatic heterocycles. The number of halogens is 2. The van der Waals surface area contributed by atoms with Crippen LogP contribution in [-0.2, 0) is 16.7 Å². The van der Waals surface area contributed by atoms with Crippen molar-refractivity contribution in [3.05, 3.63) is 58.5 Å². The van der Waals surface area contributed by atoms with Crippen LogP contribution in [0.25, 0.3) is 0 Å². The summed E-state index contributed by atoms with van der Waals surface area (Å²) in [4.78, 5) is 11.6. The van der Waals surface area contributed by atoms with Gasteiger partial charge in [-0.3, -0.25) is 0 Å². The third-order valence-electron chi connectivity index (χ3n) is 5.29. The maximum absolute atomic E-state index is 13.4. The predicted octanol–water partition coefficient (Wildman–Crippen LogP) is 3.74. The largest absolute Gasteiger partial charge is 0.378 e. The molecule has 0 atom stereocenters. The minimum Gasteiger partial charge on any atom is -0.378 e. The Morgan fingerprint density at radius 1 is 1.26 bits per heavy atom. The SMILES string of the molecule is CCNC(=NCc1cccnc1N1CCOCC1)NCC(C)(C)c1ccc(F)cc1Cl. The predicted molar refractivity (Wildman–Crippen MR) is 125 cm³/mol. The van der Waals surface area contributed by atoms with E-state index in [-0.39, 0.29) is 11.2 Å². The summed E-state index contributed by atoms with van der Waals surface area (Å²) < 4.78 is 18.9. The Morgan fingerprint density at radius 2 is 2.03 bits per heavy atom. The summed E-state index contributed by atoms with van der Waals surface area (Å²) in [6.07, 6.45) is 1.82. The Hall–Kier alpha value is -2.38. The van der Waals surface area contributed by atoms with E-state index in [1.807, 2.05) is 19.2 Å². The number of aromatic nitrogens is 1. The molecule has 0 saturated carbocycles. The van der Waals surface area contributed by atoms with Gasteiger partial charge in [-0.15, -0.1) is 0 Å². The molecule has 1 saturated heterocycles. The lowest BCUT2D eigenvalue weighted by Gasteiger charge is -2.29. The number of ether oxygens (including phenoxy) is 1. The first-order valence-electron chi connectivity index (χ1n) is 10.6. The second-order valence-electron chi connectivity index (χ2n) is 8.14. The van der Waals surface area contributed by atoms with E-state index < -0.39 is 0 Å². The van der Waals surface area contributed by atoms with Gasteiger partial charge in [0.05, 0.1) is 19.8 Å². The third-order valence-corrected chi connectivity index (χ3v) is 5.60. The molecule has 2 heterocycles. The van der Waals surface area contributed by atoms with E-state index in [2.05, 4.69) is 40.4 Å². The summed E-state index contributed by atoms with van der Waals surface area (Å²) in [7, 11) is 0. The van der Waals surface area contributed by atoms with Crippen molar-refractivity contribution in [3.63, 3.8) is 0 Å². The number of nitrogens with zero attached hydrogens (tertiary/aromatic N) is 3.